The SMILES string of the molecule is O=C(Nc1ccc(Cl)cn1)C(Sc1cccc(NC(=O)C2CC=CCC2C(=O)O)c1)c1ccccc1. The zero-order valence-electron chi connectivity index (χ0n) is 19.1. The van der Waals surface area contributed by atoms with Crippen LogP contribution in [0.15, 0.2) is 90.0 Å². The first-order valence-corrected chi connectivity index (χ1v) is 12.6. The van der Waals surface area contributed by atoms with Crippen molar-refractivity contribution in [2.75, 3.05) is 10.6 Å². The number of nitrogens with zero attached hydrogens (tertiary/aromatic N) is 1. The van der Waals surface area contributed by atoms with Crippen LogP contribution in [0.4, 0.5) is 11.5 Å². The third-order valence-electron chi connectivity index (χ3n) is 5.76. The molecule has 1 aliphatic carbocycles. The topological polar surface area (TPSA) is 108 Å². The molecular formula is C27H24ClN3O4S. The van der Waals surface area contributed by atoms with Crippen molar-refractivity contribution in [2.45, 2.75) is 23.0 Å². The lowest BCUT2D eigenvalue weighted by Crippen LogP contribution is -2.34. The van der Waals surface area contributed by atoms with Gasteiger partial charge in [-0.15, -0.1) is 11.8 Å². The van der Waals surface area contributed by atoms with E-state index in [4.69, 9.17) is 11.6 Å². The van der Waals surface area contributed by atoms with Gasteiger partial charge in [-0.25, -0.2) is 4.98 Å². The summed E-state index contributed by atoms with van der Waals surface area (Å²) in [6.45, 7) is 0. The van der Waals surface area contributed by atoms with Gasteiger partial charge in [0.05, 0.1) is 16.9 Å². The zero-order chi connectivity index (χ0) is 25.5. The second kappa shape index (κ2) is 11.9. The third kappa shape index (κ3) is 6.53. The smallest absolute Gasteiger partial charge is 0.307 e. The number of hydrogen-bond acceptors (Lipinski definition) is 5. The second-order valence-corrected chi connectivity index (χ2v) is 9.89. The van der Waals surface area contributed by atoms with E-state index in [0.717, 1.165) is 10.5 Å². The van der Waals surface area contributed by atoms with Crippen LogP contribution in [0.5, 0.6) is 0 Å². The molecule has 3 aromatic rings. The van der Waals surface area contributed by atoms with E-state index < -0.39 is 23.1 Å². The molecule has 36 heavy (non-hydrogen) atoms. The molecule has 0 fully saturated rings. The summed E-state index contributed by atoms with van der Waals surface area (Å²) in [5.74, 6) is -2.57. The number of aliphatic carboxylic acids is 1. The van der Waals surface area contributed by atoms with Gasteiger partial charge in [0, 0.05) is 16.8 Å². The van der Waals surface area contributed by atoms with Crippen molar-refractivity contribution in [1.82, 2.24) is 4.98 Å². The van der Waals surface area contributed by atoms with Crippen LogP contribution in [-0.2, 0) is 14.4 Å². The number of carbonyl (C=O) groups is 3. The molecule has 0 saturated carbocycles. The number of halogens is 1. The molecule has 0 spiro atoms. The molecule has 9 heteroatoms. The summed E-state index contributed by atoms with van der Waals surface area (Å²) in [5, 5.41) is 15.0. The standard InChI is InChI=1S/C27H24ClN3O4S/c28-18-13-14-23(29-16-18)31-26(33)24(17-7-2-1-3-8-17)36-20-10-6-9-19(15-20)30-25(32)21-11-4-5-12-22(21)27(34)35/h1-10,13-16,21-22,24H,11-12H2,(H,30,32)(H,34,35)(H,29,31,33). The van der Waals surface area contributed by atoms with Crippen molar-refractivity contribution in [3.8, 4) is 0 Å². The summed E-state index contributed by atoms with van der Waals surface area (Å²) in [5.41, 5.74) is 1.34. The highest BCUT2D eigenvalue weighted by Crippen LogP contribution is 2.37. The Morgan fingerprint density at radius 1 is 0.944 bits per heavy atom. The first kappa shape index (κ1) is 25.5. The molecule has 3 atom stereocenters. The molecule has 3 unspecified atom stereocenters. The molecule has 1 heterocycles. The Hall–Kier alpha value is -3.62. The van der Waals surface area contributed by atoms with E-state index in [9.17, 15) is 19.5 Å². The highest BCUT2D eigenvalue weighted by atomic mass is 35.5. The van der Waals surface area contributed by atoms with Crippen LogP contribution in [-0.4, -0.2) is 27.9 Å². The lowest BCUT2D eigenvalue weighted by Gasteiger charge is -2.24. The molecule has 0 radical (unpaired) electrons. The van der Waals surface area contributed by atoms with Crippen LogP contribution in [0.3, 0.4) is 0 Å². The molecule has 4 rings (SSSR count). The Labute approximate surface area is 218 Å². The summed E-state index contributed by atoms with van der Waals surface area (Å²) in [6.07, 6.45) is 5.82. The number of hydrogen-bond donors (Lipinski definition) is 3. The van der Waals surface area contributed by atoms with Gasteiger partial charge in [-0.1, -0.05) is 60.2 Å². The summed E-state index contributed by atoms with van der Waals surface area (Å²) >= 11 is 7.23. The average Bonchev–Trinajstić information content (AvgIpc) is 2.89. The van der Waals surface area contributed by atoms with Gasteiger partial charge >= 0.3 is 5.97 Å². The summed E-state index contributed by atoms with van der Waals surface area (Å²) in [6, 6.07) is 19.8. The molecule has 0 bridgehead atoms. The van der Waals surface area contributed by atoms with E-state index in [1.165, 1.54) is 18.0 Å². The number of rotatable bonds is 8. The molecular weight excluding hydrogens is 498 g/mol. The highest BCUT2D eigenvalue weighted by molar-refractivity contribution is 8.00. The van der Waals surface area contributed by atoms with Crippen LogP contribution in [0.1, 0.15) is 23.7 Å². The minimum absolute atomic E-state index is 0.256. The molecule has 1 aromatic heterocycles. The number of carboxylic acid groups (broad SMARTS) is 1. The maximum atomic E-state index is 13.2. The Bertz CT molecular complexity index is 1270. The molecule has 3 N–H and O–H groups in total. The van der Waals surface area contributed by atoms with Crippen molar-refractivity contribution >= 4 is 52.7 Å². The van der Waals surface area contributed by atoms with E-state index in [1.807, 2.05) is 42.5 Å². The van der Waals surface area contributed by atoms with Crippen molar-refractivity contribution < 1.29 is 19.5 Å². The fourth-order valence-electron chi connectivity index (χ4n) is 3.94. The summed E-state index contributed by atoms with van der Waals surface area (Å²) in [7, 11) is 0. The Kier molecular flexibility index (Phi) is 8.40. The quantitative estimate of drug-likeness (QED) is 0.255. The number of allylic oxidation sites excluding steroid dienone is 2. The Balaban J connectivity index is 1.51. The van der Waals surface area contributed by atoms with Gasteiger partial charge in [0.2, 0.25) is 11.8 Å². The number of amides is 2. The fraction of sp³-hybridized carbons (Fsp3) is 0.185. The minimum atomic E-state index is -0.976. The molecule has 0 saturated heterocycles. The first-order chi connectivity index (χ1) is 17.4. The predicted molar refractivity (Wildman–Crippen MR) is 141 cm³/mol. The van der Waals surface area contributed by atoms with Gasteiger partial charge in [-0.2, -0.15) is 0 Å². The van der Waals surface area contributed by atoms with E-state index >= 15 is 0 Å². The number of carbonyl (C=O) groups excluding carboxylic acids is 2. The molecule has 184 valence electrons. The molecule has 1 aliphatic rings. The number of aromatic nitrogens is 1. The second-order valence-electron chi connectivity index (χ2n) is 8.27. The van der Waals surface area contributed by atoms with E-state index in [0.29, 0.717) is 29.4 Å². The number of thioether (sulfide) groups is 1. The van der Waals surface area contributed by atoms with Crippen LogP contribution >= 0.6 is 23.4 Å². The highest BCUT2D eigenvalue weighted by Gasteiger charge is 2.34. The van der Waals surface area contributed by atoms with Crippen molar-refractivity contribution in [2.24, 2.45) is 11.8 Å². The maximum absolute atomic E-state index is 13.2. The van der Waals surface area contributed by atoms with Gasteiger partial charge in [0.1, 0.15) is 11.1 Å². The molecule has 2 aromatic carbocycles. The number of benzene rings is 2. The molecule has 2 amide bonds. The Morgan fingerprint density at radius 2 is 1.69 bits per heavy atom. The van der Waals surface area contributed by atoms with Gasteiger partial charge < -0.3 is 15.7 Å². The predicted octanol–water partition coefficient (Wildman–Crippen LogP) is 5.81. The summed E-state index contributed by atoms with van der Waals surface area (Å²) < 4.78 is 0. The number of pyridine rings is 1. The normalized spacial score (nSPS) is 17.7. The Morgan fingerprint density at radius 3 is 2.39 bits per heavy atom. The van der Waals surface area contributed by atoms with Gasteiger partial charge in [0.25, 0.3) is 0 Å². The van der Waals surface area contributed by atoms with Gasteiger partial charge in [-0.3, -0.25) is 14.4 Å². The fourth-order valence-corrected chi connectivity index (χ4v) is 5.13. The molecule has 7 nitrogen and oxygen atoms in total. The van der Waals surface area contributed by atoms with E-state index in [-0.39, 0.29) is 11.8 Å². The number of carboxylic acids is 1. The first-order valence-electron chi connectivity index (χ1n) is 11.3. The van der Waals surface area contributed by atoms with Crippen LogP contribution in [0.2, 0.25) is 5.02 Å². The lowest BCUT2D eigenvalue weighted by atomic mass is 9.82. The summed E-state index contributed by atoms with van der Waals surface area (Å²) in [4.78, 5) is 42.6. The van der Waals surface area contributed by atoms with E-state index in [2.05, 4.69) is 15.6 Å². The van der Waals surface area contributed by atoms with Crippen molar-refractivity contribution in [3.05, 3.63) is 95.7 Å². The van der Waals surface area contributed by atoms with Crippen molar-refractivity contribution in [3.63, 3.8) is 0 Å². The average molecular weight is 522 g/mol. The van der Waals surface area contributed by atoms with Crippen molar-refractivity contribution in [1.29, 1.82) is 0 Å². The monoisotopic (exact) mass is 521 g/mol. The van der Waals surface area contributed by atoms with E-state index in [1.54, 1.807) is 36.4 Å². The van der Waals surface area contributed by atoms with Crippen LogP contribution < -0.4 is 10.6 Å². The lowest BCUT2D eigenvalue weighted by molar-refractivity contribution is -0.146. The van der Waals surface area contributed by atoms with Crippen LogP contribution in [0, 0.1) is 11.8 Å². The molecule has 0 aliphatic heterocycles. The minimum Gasteiger partial charge on any atom is -0.481 e. The number of nitrogens with one attached hydrogen (secondary N) is 2. The largest absolute Gasteiger partial charge is 0.481 e. The maximum Gasteiger partial charge on any atom is 0.307 e. The van der Waals surface area contributed by atoms with Gasteiger partial charge in [0.15, 0.2) is 0 Å². The van der Waals surface area contributed by atoms with Crippen LogP contribution in [0.25, 0.3) is 0 Å². The van der Waals surface area contributed by atoms with Gasteiger partial charge in [-0.05, 0) is 48.7 Å². The zero-order valence-corrected chi connectivity index (χ0v) is 20.7. The number of anilines is 2. The third-order valence-corrected chi connectivity index (χ3v) is 7.23.